The Morgan fingerprint density at radius 3 is 2.89 bits per heavy atom. The Kier molecular flexibility index (Phi) is 5.61. The van der Waals surface area contributed by atoms with Crippen molar-refractivity contribution in [2.24, 2.45) is 0 Å². The van der Waals surface area contributed by atoms with Gasteiger partial charge in [-0.25, -0.2) is 14.8 Å². The van der Waals surface area contributed by atoms with Gasteiger partial charge in [0, 0.05) is 17.6 Å². The van der Waals surface area contributed by atoms with Crippen molar-refractivity contribution in [2.75, 3.05) is 31.2 Å². The molecule has 1 atom stereocenters. The fraction of sp³-hybridized carbons (Fsp3) is 0.350. The molecule has 1 saturated heterocycles. The number of anilines is 1. The zero-order valence-corrected chi connectivity index (χ0v) is 18.0. The molecule has 1 unspecified atom stereocenters. The molecule has 0 radical (unpaired) electrons. The highest BCUT2D eigenvalue weighted by Gasteiger charge is 2.27. The van der Waals surface area contributed by atoms with Crippen LogP contribution in [0.5, 0.6) is 0 Å². The Labute approximate surface area is 175 Å². The third kappa shape index (κ3) is 3.64. The minimum absolute atomic E-state index is 0.0321. The molecular weight excluding hydrogens is 442 g/mol. The molecule has 0 bridgehead atoms. The quantitative estimate of drug-likeness (QED) is 0.532. The van der Waals surface area contributed by atoms with Crippen LogP contribution in [0.4, 0.5) is 5.82 Å². The first-order valence-corrected chi connectivity index (χ1v) is 10.7. The number of aryl methyl sites for hydroxylation is 1. The molecule has 1 aliphatic heterocycles. The number of rotatable bonds is 4. The number of carbonyl (C=O) groups excluding carboxylic acids is 1. The van der Waals surface area contributed by atoms with Crippen molar-refractivity contribution in [3.63, 3.8) is 0 Å². The molecule has 3 aromatic rings. The Morgan fingerprint density at radius 1 is 1.36 bits per heavy atom. The van der Waals surface area contributed by atoms with Gasteiger partial charge in [-0.15, -0.1) is 11.3 Å². The van der Waals surface area contributed by atoms with Crippen molar-refractivity contribution >= 4 is 49.3 Å². The van der Waals surface area contributed by atoms with Crippen LogP contribution < -0.4 is 4.90 Å². The van der Waals surface area contributed by atoms with E-state index >= 15 is 0 Å². The lowest BCUT2D eigenvalue weighted by molar-refractivity contribution is 0.0396. The summed E-state index contributed by atoms with van der Waals surface area (Å²) in [6, 6.07) is 8.19. The van der Waals surface area contributed by atoms with Crippen molar-refractivity contribution in [1.82, 2.24) is 9.97 Å². The second-order valence-corrected chi connectivity index (χ2v) is 8.43. The van der Waals surface area contributed by atoms with Crippen LogP contribution in [-0.2, 0) is 9.47 Å². The number of ether oxygens (including phenoxy) is 2. The molecule has 0 spiro atoms. The molecule has 0 N–H and O–H groups in total. The van der Waals surface area contributed by atoms with Crippen LogP contribution in [0.1, 0.15) is 33.8 Å². The number of hydrogen-bond acceptors (Lipinski definition) is 7. The molecular formula is C20H20BrN3O3S. The van der Waals surface area contributed by atoms with Gasteiger partial charge < -0.3 is 14.4 Å². The van der Waals surface area contributed by atoms with Crippen molar-refractivity contribution in [3.05, 3.63) is 51.1 Å². The fourth-order valence-electron chi connectivity index (χ4n) is 3.40. The van der Waals surface area contributed by atoms with E-state index in [0.29, 0.717) is 24.6 Å². The monoisotopic (exact) mass is 461 g/mol. The van der Waals surface area contributed by atoms with Gasteiger partial charge in [-0.05, 0) is 37.1 Å². The van der Waals surface area contributed by atoms with Gasteiger partial charge in [0.1, 0.15) is 28.0 Å². The number of nitrogens with zero attached hydrogens (tertiary/aromatic N) is 3. The molecule has 1 aromatic carbocycles. The Morgan fingerprint density at radius 2 is 2.14 bits per heavy atom. The number of benzene rings is 1. The highest BCUT2D eigenvalue weighted by molar-refractivity contribution is 9.10. The third-order valence-electron chi connectivity index (χ3n) is 4.78. The lowest BCUT2D eigenvalue weighted by Crippen LogP contribution is -2.39. The first-order valence-electron chi connectivity index (χ1n) is 9.11. The summed E-state index contributed by atoms with van der Waals surface area (Å²) in [7, 11) is 0. The Hall–Kier alpha value is -2.03. The second kappa shape index (κ2) is 8.14. The topological polar surface area (TPSA) is 64.5 Å². The van der Waals surface area contributed by atoms with Crippen molar-refractivity contribution in [2.45, 2.75) is 20.0 Å². The molecule has 146 valence electrons. The van der Waals surface area contributed by atoms with E-state index in [9.17, 15) is 4.79 Å². The fourth-order valence-corrected chi connectivity index (χ4v) is 4.71. The number of esters is 1. The summed E-state index contributed by atoms with van der Waals surface area (Å²) in [5.74, 6) is 0.545. The number of morpholine rings is 1. The normalized spacial score (nSPS) is 17.1. The largest absolute Gasteiger partial charge is 0.462 e. The highest BCUT2D eigenvalue weighted by atomic mass is 79.9. The standard InChI is InChI=1S/C20H20BrN3O3S/c1-3-26-20(25)17-12(2)16-18(22-11-23-19(16)28-17)24-8-9-27-15(10-24)13-4-6-14(21)7-5-13/h4-7,11,15H,3,8-10H2,1-2H3. The zero-order chi connectivity index (χ0) is 19.7. The molecule has 6 nitrogen and oxygen atoms in total. The molecule has 8 heteroatoms. The van der Waals surface area contributed by atoms with Crippen LogP contribution in [0.15, 0.2) is 35.1 Å². The van der Waals surface area contributed by atoms with E-state index in [1.165, 1.54) is 11.3 Å². The predicted octanol–water partition coefficient (Wildman–Crippen LogP) is 4.52. The van der Waals surface area contributed by atoms with E-state index in [1.54, 1.807) is 6.33 Å². The molecule has 1 aliphatic rings. The predicted molar refractivity (Wildman–Crippen MR) is 113 cm³/mol. The molecule has 0 aliphatic carbocycles. The maximum Gasteiger partial charge on any atom is 0.348 e. The second-order valence-electron chi connectivity index (χ2n) is 6.51. The lowest BCUT2D eigenvalue weighted by Gasteiger charge is -2.34. The Balaban J connectivity index is 1.68. The van der Waals surface area contributed by atoms with E-state index in [1.807, 2.05) is 26.0 Å². The van der Waals surface area contributed by atoms with Crippen molar-refractivity contribution in [3.8, 4) is 0 Å². The summed E-state index contributed by atoms with van der Waals surface area (Å²) in [6.45, 7) is 6.14. The summed E-state index contributed by atoms with van der Waals surface area (Å²) < 4.78 is 12.2. The van der Waals surface area contributed by atoms with E-state index in [2.05, 4.69) is 42.9 Å². The van der Waals surface area contributed by atoms with Gasteiger partial charge >= 0.3 is 5.97 Å². The van der Waals surface area contributed by atoms with Gasteiger partial charge in [-0.1, -0.05) is 28.1 Å². The van der Waals surface area contributed by atoms with E-state index in [4.69, 9.17) is 9.47 Å². The average molecular weight is 462 g/mol. The summed E-state index contributed by atoms with van der Waals surface area (Å²) in [4.78, 5) is 24.8. The Bertz CT molecular complexity index is 1010. The minimum Gasteiger partial charge on any atom is -0.462 e. The number of hydrogen-bond donors (Lipinski definition) is 0. The number of fused-ring (bicyclic) bond motifs is 1. The van der Waals surface area contributed by atoms with Gasteiger partial charge in [0.05, 0.1) is 18.6 Å². The summed E-state index contributed by atoms with van der Waals surface area (Å²) in [5.41, 5.74) is 2.01. The molecule has 2 aromatic heterocycles. The number of aromatic nitrogens is 2. The van der Waals surface area contributed by atoms with Crippen LogP contribution >= 0.6 is 27.3 Å². The van der Waals surface area contributed by atoms with Crippen LogP contribution in [0.25, 0.3) is 10.2 Å². The number of thiophene rings is 1. The maximum atomic E-state index is 12.3. The van der Waals surface area contributed by atoms with E-state index < -0.39 is 0 Å². The van der Waals surface area contributed by atoms with Gasteiger partial charge in [0.15, 0.2) is 0 Å². The van der Waals surface area contributed by atoms with Crippen molar-refractivity contribution < 1.29 is 14.3 Å². The van der Waals surface area contributed by atoms with Gasteiger partial charge in [-0.2, -0.15) is 0 Å². The highest BCUT2D eigenvalue weighted by Crippen LogP contribution is 2.37. The zero-order valence-electron chi connectivity index (χ0n) is 15.6. The summed E-state index contributed by atoms with van der Waals surface area (Å²) >= 11 is 4.83. The first kappa shape index (κ1) is 19.3. The smallest absolute Gasteiger partial charge is 0.348 e. The maximum absolute atomic E-state index is 12.3. The molecule has 4 rings (SSSR count). The first-order chi connectivity index (χ1) is 13.6. The van der Waals surface area contributed by atoms with Gasteiger partial charge in [0.25, 0.3) is 0 Å². The average Bonchev–Trinajstić information content (AvgIpc) is 3.06. The summed E-state index contributed by atoms with van der Waals surface area (Å²) in [5, 5.41) is 0.923. The van der Waals surface area contributed by atoms with E-state index in [0.717, 1.165) is 38.2 Å². The molecule has 3 heterocycles. The number of halogens is 1. The molecule has 0 saturated carbocycles. The van der Waals surface area contributed by atoms with Crippen LogP contribution in [0.2, 0.25) is 0 Å². The van der Waals surface area contributed by atoms with Crippen LogP contribution in [0, 0.1) is 6.92 Å². The lowest BCUT2D eigenvalue weighted by atomic mass is 10.1. The SMILES string of the molecule is CCOC(=O)c1sc2ncnc(N3CCOC(c4ccc(Br)cc4)C3)c2c1C. The van der Waals surface area contributed by atoms with Crippen LogP contribution in [0.3, 0.4) is 0 Å². The molecule has 1 fully saturated rings. The summed E-state index contributed by atoms with van der Waals surface area (Å²) in [6.07, 6.45) is 1.53. The number of carbonyl (C=O) groups is 1. The van der Waals surface area contributed by atoms with Gasteiger partial charge in [0.2, 0.25) is 0 Å². The van der Waals surface area contributed by atoms with Gasteiger partial charge in [-0.3, -0.25) is 0 Å². The minimum atomic E-state index is -0.302. The molecule has 0 amide bonds. The third-order valence-corrected chi connectivity index (χ3v) is 6.48. The molecule has 28 heavy (non-hydrogen) atoms. The van der Waals surface area contributed by atoms with Crippen LogP contribution in [-0.4, -0.2) is 42.2 Å². The van der Waals surface area contributed by atoms with E-state index in [-0.39, 0.29) is 12.1 Å². The van der Waals surface area contributed by atoms with Crippen molar-refractivity contribution in [1.29, 1.82) is 0 Å².